The van der Waals surface area contributed by atoms with E-state index in [0.29, 0.717) is 12.3 Å². The van der Waals surface area contributed by atoms with Crippen LogP contribution in [0.4, 0.5) is 11.4 Å². The second-order valence-corrected chi connectivity index (χ2v) is 7.33. The maximum absolute atomic E-state index is 11.9. The molecule has 0 atom stereocenters. The fraction of sp³-hybridized carbons (Fsp3) is 0.565. The lowest BCUT2D eigenvalue weighted by molar-refractivity contribution is -0.144. The van der Waals surface area contributed by atoms with Crippen LogP contribution in [-0.2, 0) is 16.1 Å². The van der Waals surface area contributed by atoms with Crippen molar-refractivity contribution in [3.05, 3.63) is 42.7 Å². The van der Waals surface area contributed by atoms with Gasteiger partial charge in [0.25, 0.3) is 0 Å². The molecule has 6 nitrogen and oxygen atoms in total. The van der Waals surface area contributed by atoms with E-state index in [1.807, 2.05) is 30.3 Å². The molecule has 0 radical (unpaired) electrons. The minimum Gasteiger partial charge on any atom is -0.464 e. The molecule has 158 valence electrons. The summed E-state index contributed by atoms with van der Waals surface area (Å²) in [5, 5.41) is 12.4. The largest absolute Gasteiger partial charge is 0.464 e. The number of hydrogen-bond acceptors (Lipinski definition) is 5. The van der Waals surface area contributed by atoms with Gasteiger partial charge in [0.2, 0.25) is 0 Å². The second kappa shape index (κ2) is 14.5. The van der Waals surface area contributed by atoms with Crippen molar-refractivity contribution in [2.45, 2.75) is 77.7 Å². The van der Waals surface area contributed by atoms with E-state index in [4.69, 9.17) is 4.74 Å². The van der Waals surface area contributed by atoms with Gasteiger partial charge >= 0.3 is 5.97 Å². The molecule has 0 N–H and O–H groups in total. The number of hydrogen-bond donors (Lipinski definition) is 0. The predicted octanol–water partition coefficient (Wildman–Crippen LogP) is 6.76. The summed E-state index contributed by atoms with van der Waals surface area (Å²) in [4.78, 5) is 11.9. The first kappa shape index (κ1) is 22.8. The van der Waals surface area contributed by atoms with Crippen LogP contribution >= 0.6 is 0 Å². The lowest BCUT2D eigenvalue weighted by atomic mass is 10.1. The van der Waals surface area contributed by atoms with Crippen molar-refractivity contribution < 1.29 is 9.53 Å². The lowest BCUT2D eigenvalue weighted by Gasteiger charge is -2.05. The summed E-state index contributed by atoms with van der Waals surface area (Å²) in [6, 6.07) is 9.49. The van der Waals surface area contributed by atoms with Crippen molar-refractivity contribution >= 4 is 17.3 Å². The molecule has 1 heterocycles. The van der Waals surface area contributed by atoms with Gasteiger partial charge in [-0.15, -0.1) is 5.11 Å². The third-order valence-electron chi connectivity index (χ3n) is 4.71. The molecule has 0 spiro atoms. The van der Waals surface area contributed by atoms with E-state index in [1.165, 1.54) is 56.0 Å². The molecule has 0 amide bonds. The van der Waals surface area contributed by atoms with Crippen LogP contribution in [0, 0.1) is 0 Å². The van der Waals surface area contributed by atoms with Crippen molar-refractivity contribution in [3.63, 3.8) is 0 Å². The van der Waals surface area contributed by atoms with E-state index in [0.717, 1.165) is 18.5 Å². The molecule has 1 aromatic carbocycles. The van der Waals surface area contributed by atoms with Gasteiger partial charge in [0.15, 0.2) is 0 Å². The normalized spacial score (nSPS) is 11.2. The number of carbonyl (C=O) groups excluding carboxylic acids is 1. The SMILES string of the molecule is CCCCCCCCCCCCOC(=O)Cn1cc(/N=N/c2ccccc2)cn1. The Kier molecular flexibility index (Phi) is 11.4. The summed E-state index contributed by atoms with van der Waals surface area (Å²) in [5.41, 5.74) is 1.38. The van der Waals surface area contributed by atoms with Gasteiger partial charge in [0.05, 0.1) is 24.7 Å². The number of esters is 1. The van der Waals surface area contributed by atoms with Crippen LogP contribution in [0.5, 0.6) is 0 Å². The molecular formula is C23H34N4O2. The Morgan fingerprint density at radius 3 is 2.21 bits per heavy atom. The minimum absolute atomic E-state index is 0.0959. The monoisotopic (exact) mass is 398 g/mol. The molecule has 0 fully saturated rings. The van der Waals surface area contributed by atoms with E-state index in [1.54, 1.807) is 12.4 Å². The summed E-state index contributed by atoms with van der Waals surface area (Å²) in [6.45, 7) is 2.83. The standard InChI is InChI=1S/C23H34N4O2/c1-2-3-4-5-6-7-8-9-10-14-17-29-23(28)20-27-19-22(18-24-27)26-25-21-15-12-11-13-16-21/h11-13,15-16,18-19H,2-10,14,17,20H2,1H3/b26-25+. The summed E-state index contributed by atoms with van der Waals surface area (Å²) in [6.07, 6.45) is 15.9. The first-order valence-electron chi connectivity index (χ1n) is 10.9. The molecule has 0 saturated carbocycles. The second-order valence-electron chi connectivity index (χ2n) is 7.33. The Morgan fingerprint density at radius 1 is 0.897 bits per heavy atom. The van der Waals surface area contributed by atoms with Gasteiger partial charge in [-0.3, -0.25) is 9.48 Å². The van der Waals surface area contributed by atoms with E-state index >= 15 is 0 Å². The van der Waals surface area contributed by atoms with E-state index < -0.39 is 0 Å². The van der Waals surface area contributed by atoms with Gasteiger partial charge in [0, 0.05) is 0 Å². The molecule has 0 bridgehead atoms. The topological polar surface area (TPSA) is 68.8 Å². The maximum Gasteiger partial charge on any atom is 0.327 e. The Hall–Kier alpha value is -2.50. The van der Waals surface area contributed by atoms with Crippen LogP contribution in [0.3, 0.4) is 0 Å². The summed E-state index contributed by atoms with van der Waals surface area (Å²) >= 11 is 0. The van der Waals surface area contributed by atoms with Gasteiger partial charge in [0.1, 0.15) is 12.2 Å². The Balaban J connectivity index is 1.51. The molecule has 0 unspecified atom stereocenters. The molecule has 2 aromatic rings. The Labute approximate surface area is 174 Å². The molecule has 29 heavy (non-hydrogen) atoms. The molecule has 0 aliphatic carbocycles. The minimum atomic E-state index is -0.268. The zero-order chi connectivity index (χ0) is 20.6. The first-order valence-corrected chi connectivity index (χ1v) is 10.9. The van der Waals surface area contributed by atoms with Gasteiger partial charge in [-0.05, 0) is 18.6 Å². The molecule has 0 aliphatic heterocycles. The third kappa shape index (κ3) is 10.6. The lowest BCUT2D eigenvalue weighted by Crippen LogP contribution is -2.14. The maximum atomic E-state index is 11.9. The number of nitrogens with zero attached hydrogens (tertiary/aromatic N) is 4. The average Bonchev–Trinajstić information content (AvgIpc) is 3.18. The zero-order valence-corrected chi connectivity index (χ0v) is 17.6. The molecular weight excluding hydrogens is 364 g/mol. The zero-order valence-electron chi connectivity index (χ0n) is 17.6. The number of aromatic nitrogens is 2. The first-order chi connectivity index (χ1) is 14.3. The highest BCUT2D eigenvalue weighted by atomic mass is 16.5. The van der Waals surface area contributed by atoms with Crippen LogP contribution < -0.4 is 0 Å². The quantitative estimate of drug-likeness (QED) is 0.189. The van der Waals surface area contributed by atoms with Crippen LogP contribution in [0.1, 0.15) is 71.1 Å². The van der Waals surface area contributed by atoms with E-state index in [-0.39, 0.29) is 12.5 Å². The van der Waals surface area contributed by atoms with Gasteiger partial charge in [-0.2, -0.15) is 10.2 Å². The summed E-state index contributed by atoms with van der Waals surface area (Å²) in [7, 11) is 0. The molecule has 6 heteroatoms. The van der Waals surface area contributed by atoms with Crippen molar-refractivity contribution in [2.24, 2.45) is 10.2 Å². The van der Waals surface area contributed by atoms with Crippen molar-refractivity contribution in [3.8, 4) is 0 Å². The van der Waals surface area contributed by atoms with Crippen LogP contribution in [0.25, 0.3) is 0 Å². The van der Waals surface area contributed by atoms with Gasteiger partial charge in [-0.25, -0.2) is 0 Å². The van der Waals surface area contributed by atoms with E-state index in [2.05, 4.69) is 22.3 Å². The number of benzene rings is 1. The highest BCUT2D eigenvalue weighted by Crippen LogP contribution is 2.16. The Morgan fingerprint density at radius 2 is 1.52 bits per heavy atom. The predicted molar refractivity (Wildman–Crippen MR) is 116 cm³/mol. The van der Waals surface area contributed by atoms with E-state index in [9.17, 15) is 4.79 Å². The fourth-order valence-corrected chi connectivity index (χ4v) is 3.05. The summed E-state index contributed by atoms with van der Waals surface area (Å²) in [5.74, 6) is -0.268. The molecule has 1 aromatic heterocycles. The number of azo groups is 1. The van der Waals surface area contributed by atoms with Gasteiger partial charge < -0.3 is 4.74 Å². The van der Waals surface area contributed by atoms with Crippen molar-refractivity contribution in [1.82, 2.24) is 9.78 Å². The fourth-order valence-electron chi connectivity index (χ4n) is 3.05. The molecule has 0 saturated heterocycles. The number of unbranched alkanes of at least 4 members (excludes halogenated alkanes) is 9. The van der Waals surface area contributed by atoms with Crippen LogP contribution in [-0.4, -0.2) is 22.4 Å². The highest BCUT2D eigenvalue weighted by molar-refractivity contribution is 5.69. The number of carbonyl (C=O) groups is 1. The number of ether oxygens (including phenoxy) is 1. The van der Waals surface area contributed by atoms with Crippen LogP contribution in [0.2, 0.25) is 0 Å². The molecule has 0 aliphatic rings. The van der Waals surface area contributed by atoms with Crippen molar-refractivity contribution in [2.75, 3.05) is 6.61 Å². The third-order valence-corrected chi connectivity index (χ3v) is 4.71. The summed E-state index contributed by atoms with van der Waals surface area (Å²) < 4.78 is 6.83. The highest BCUT2D eigenvalue weighted by Gasteiger charge is 2.06. The smallest absolute Gasteiger partial charge is 0.327 e. The van der Waals surface area contributed by atoms with Crippen LogP contribution in [0.15, 0.2) is 53.0 Å². The average molecular weight is 399 g/mol. The van der Waals surface area contributed by atoms with Crippen molar-refractivity contribution in [1.29, 1.82) is 0 Å². The molecule has 2 rings (SSSR count). The Bertz CT molecular complexity index is 713. The number of rotatable bonds is 15. The van der Waals surface area contributed by atoms with Gasteiger partial charge in [-0.1, -0.05) is 82.9 Å².